The number of nitrogens with zero attached hydrogens (tertiary/aromatic N) is 4. The third kappa shape index (κ3) is 7.65. The van der Waals surface area contributed by atoms with Gasteiger partial charge in [0.1, 0.15) is 18.0 Å². The van der Waals surface area contributed by atoms with Gasteiger partial charge in [0.15, 0.2) is 4.80 Å². The zero-order valence-electron chi connectivity index (χ0n) is 21.7. The number of rotatable bonds is 16. The molecule has 7 nitrogen and oxygen atoms in total. The summed E-state index contributed by atoms with van der Waals surface area (Å²) in [5.74, 6) is 0.736. The number of thiazole rings is 1. The Hall–Kier alpha value is -2.22. The maximum absolute atomic E-state index is 13.4. The molecule has 0 saturated heterocycles. The Morgan fingerprint density at radius 1 is 1.06 bits per heavy atom. The van der Waals surface area contributed by atoms with Gasteiger partial charge in [-0.25, -0.2) is 5.53 Å². The summed E-state index contributed by atoms with van der Waals surface area (Å²) in [7, 11) is 0. The van der Waals surface area contributed by atoms with E-state index in [-0.39, 0.29) is 18.6 Å². The Labute approximate surface area is 208 Å². The molecule has 1 aromatic heterocycles. The van der Waals surface area contributed by atoms with Gasteiger partial charge in [-0.05, 0) is 38.2 Å². The Morgan fingerprint density at radius 3 is 2.26 bits per heavy atom. The lowest BCUT2D eigenvalue weighted by atomic mass is 10.2. The molecule has 0 bridgehead atoms. The van der Waals surface area contributed by atoms with Crippen LogP contribution in [0.15, 0.2) is 22.2 Å². The van der Waals surface area contributed by atoms with E-state index < -0.39 is 0 Å². The molecule has 0 atom stereocenters. The number of nitrogens with one attached hydrogen (secondary N) is 1. The molecule has 1 heterocycles. The first-order chi connectivity index (χ1) is 16.5. The molecule has 0 fully saturated rings. The van der Waals surface area contributed by atoms with Crippen LogP contribution in [0.3, 0.4) is 0 Å². The van der Waals surface area contributed by atoms with Crippen molar-refractivity contribution >= 4 is 33.1 Å². The summed E-state index contributed by atoms with van der Waals surface area (Å²) >= 11 is 1.56. The number of unbranched alkanes of at least 4 members (excludes halogenated alkanes) is 3. The molecule has 0 aliphatic heterocycles. The average molecular weight is 490 g/mol. The van der Waals surface area contributed by atoms with Crippen molar-refractivity contribution in [2.24, 2.45) is 10.1 Å². The molecule has 190 valence electrons. The van der Waals surface area contributed by atoms with Crippen LogP contribution in [0.25, 0.3) is 10.2 Å². The van der Waals surface area contributed by atoms with Crippen LogP contribution in [0.2, 0.25) is 0 Å². The molecule has 1 amide bonds. The highest BCUT2D eigenvalue weighted by Crippen LogP contribution is 2.35. The van der Waals surface area contributed by atoms with Gasteiger partial charge < -0.3 is 14.2 Å². The first-order valence-electron chi connectivity index (χ1n) is 13.0. The van der Waals surface area contributed by atoms with Crippen molar-refractivity contribution in [1.29, 1.82) is 5.53 Å². The van der Waals surface area contributed by atoms with Crippen LogP contribution in [-0.4, -0.2) is 41.1 Å². The number of aromatic nitrogens is 1. The Kier molecular flexibility index (Phi) is 12.3. The lowest BCUT2D eigenvalue weighted by Crippen LogP contribution is -2.37. The molecule has 2 rings (SSSR count). The van der Waals surface area contributed by atoms with Crippen molar-refractivity contribution in [1.82, 2.24) is 9.47 Å². The summed E-state index contributed by atoms with van der Waals surface area (Å²) < 4.78 is 9.23. The minimum atomic E-state index is 0.0685. The van der Waals surface area contributed by atoms with Gasteiger partial charge in [-0.3, -0.25) is 9.79 Å². The van der Waals surface area contributed by atoms with Crippen LogP contribution in [-0.2, 0) is 11.3 Å². The molecule has 2 aromatic rings. The van der Waals surface area contributed by atoms with Crippen molar-refractivity contribution in [3.8, 4) is 5.75 Å². The summed E-state index contributed by atoms with van der Waals surface area (Å²) in [6, 6.07) is 3.85. The summed E-state index contributed by atoms with van der Waals surface area (Å²) in [6.07, 6.45) is 8.09. The van der Waals surface area contributed by atoms with E-state index in [1.165, 1.54) is 0 Å². The van der Waals surface area contributed by atoms with Gasteiger partial charge in [0.2, 0.25) is 5.91 Å². The Balaban J connectivity index is 2.53. The van der Waals surface area contributed by atoms with E-state index in [1.54, 1.807) is 11.3 Å². The summed E-state index contributed by atoms with van der Waals surface area (Å²) in [4.78, 5) is 21.1. The lowest BCUT2D eigenvalue weighted by molar-refractivity contribution is -0.132. The van der Waals surface area contributed by atoms with Gasteiger partial charge in [0.05, 0.1) is 16.3 Å². The second-order valence-electron chi connectivity index (χ2n) is 8.75. The molecule has 0 spiro atoms. The third-order valence-electron chi connectivity index (χ3n) is 6.06. The highest BCUT2D eigenvalue weighted by atomic mass is 32.1. The van der Waals surface area contributed by atoms with Gasteiger partial charge in [-0.1, -0.05) is 65.2 Å². The third-order valence-corrected chi connectivity index (χ3v) is 7.14. The van der Waals surface area contributed by atoms with E-state index in [0.29, 0.717) is 11.4 Å². The predicted octanol–water partition coefficient (Wildman–Crippen LogP) is 7.06. The minimum absolute atomic E-state index is 0.0685. The van der Waals surface area contributed by atoms with Gasteiger partial charge in [-0.15, -0.1) is 0 Å². The molecule has 1 N–H and O–H groups in total. The fourth-order valence-electron chi connectivity index (χ4n) is 3.80. The van der Waals surface area contributed by atoms with Crippen LogP contribution in [0.5, 0.6) is 5.75 Å². The van der Waals surface area contributed by atoms with Gasteiger partial charge in [-0.2, -0.15) is 5.11 Å². The quantitative estimate of drug-likeness (QED) is 0.202. The molecular formula is C26H43N5O2S. The maximum atomic E-state index is 13.4. The predicted molar refractivity (Wildman–Crippen MR) is 141 cm³/mol. The lowest BCUT2D eigenvalue weighted by Gasteiger charge is -2.23. The topological polar surface area (TPSA) is 83.0 Å². The SMILES string of the molecule is CCCCN=c1sc2cc(N=N)c(OC(CC)CC)cc2n1CC(=O)N(CCCC)CCCC. The second kappa shape index (κ2) is 14.9. The molecule has 0 aliphatic carbocycles. The van der Waals surface area contributed by atoms with E-state index >= 15 is 0 Å². The summed E-state index contributed by atoms with van der Waals surface area (Å²) in [6.45, 7) is 13.3. The molecular weight excluding hydrogens is 446 g/mol. The number of hydrogen-bond donors (Lipinski definition) is 1. The number of amides is 1. The zero-order chi connectivity index (χ0) is 24.9. The number of carbonyl (C=O) groups excluding carboxylic acids is 1. The van der Waals surface area contributed by atoms with Crippen molar-refractivity contribution in [3.05, 3.63) is 16.9 Å². The van der Waals surface area contributed by atoms with E-state index in [2.05, 4.69) is 39.7 Å². The van der Waals surface area contributed by atoms with Crippen LogP contribution in [0.1, 0.15) is 86.0 Å². The van der Waals surface area contributed by atoms with Gasteiger partial charge >= 0.3 is 0 Å². The number of benzene rings is 1. The highest BCUT2D eigenvalue weighted by Gasteiger charge is 2.19. The van der Waals surface area contributed by atoms with E-state index in [4.69, 9.17) is 15.3 Å². The van der Waals surface area contributed by atoms with Crippen LogP contribution >= 0.6 is 11.3 Å². The Bertz CT molecular complexity index is 969. The van der Waals surface area contributed by atoms with Crippen molar-refractivity contribution in [3.63, 3.8) is 0 Å². The molecule has 0 radical (unpaired) electrons. The van der Waals surface area contributed by atoms with Crippen LogP contribution in [0, 0.1) is 5.53 Å². The fourth-order valence-corrected chi connectivity index (χ4v) is 4.87. The molecule has 0 unspecified atom stereocenters. The minimum Gasteiger partial charge on any atom is -0.488 e. The fraction of sp³-hybridized carbons (Fsp3) is 0.692. The van der Waals surface area contributed by atoms with Crippen LogP contribution < -0.4 is 9.54 Å². The molecule has 0 aliphatic rings. The first kappa shape index (κ1) is 28.0. The second-order valence-corrected chi connectivity index (χ2v) is 9.76. The largest absolute Gasteiger partial charge is 0.488 e. The van der Waals surface area contributed by atoms with E-state index in [1.807, 2.05) is 21.6 Å². The molecule has 0 saturated carbocycles. The number of hydrogen-bond acceptors (Lipinski definition) is 6. The van der Waals surface area contributed by atoms with E-state index in [0.717, 1.165) is 86.0 Å². The van der Waals surface area contributed by atoms with Crippen molar-refractivity contribution < 1.29 is 9.53 Å². The first-order valence-corrected chi connectivity index (χ1v) is 13.8. The smallest absolute Gasteiger partial charge is 0.242 e. The van der Waals surface area contributed by atoms with Gasteiger partial charge in [0, 0.05) is 25.7 Å². The highest BCUT2D eigenvalue weighted by molar-refractivity contribution is 7.16. The Morgan fingerprint density at radius 2 is 1.71 bits per heavy atom. The number of fused-ring (bicyclic) bond motifs is 1. The van der Waals surface area contributed by atoms with Crippen LogP contribution in [0.4, 0.5) is 5.69 Å². The molecule has 34 heavy (non-hydrogen) atoms. The maximum Gasteiger partial charge on any atom is 0.242 e. The number of carbonyl (C=O) groups is 1. The van der Waals surface area contributed by atoms with Gasteiger partial charge in [0.25, 0.3) is 0 Å². The number of ether oxygens (including phenoxy) is 1. The van der Waals surface area contributed by atoms with Crippen molar-refractivity contribution in [2.45, 2.75) is 98.6 Å². The zero-order valence-corrected chi connectivity index (χ0v) is 22.5. The standard InChI is InChI=1S/C26H43N5O2S/c1-6-11-14-28-26-31(19-25(32)30(15-12-7-2)16-13-8-3)22-18-23(33-20(9-4)10-5)21(29-27)17-24(22)34-26/h17-18,20,27H,6-16,19H2,1-5H3. The van der Waals surface area contributed by atoms with Crippen molar-refractivity contribution in [2.75, 3.05) is 19.6 Å². The molecule has 1 aromatic carbocycles. The average Bonchev–Trinajstić information content (AvgIpc) is 3.17. The summed E-state index contributed by atoms with van der Waals surface area (Å²) in [5, 5.41) is 3.73. The summed E-state index contributed by atoms with van der Waals surface area (Å²) in [5.41, 5.74) is 9.12. The van der Waals surface area contributed by atoms with E-state index in [9.17, 15) is 4.79 Å². The molecule has 8 heteroatoms. The normalized spacial score (nSPS) is 12.0. The monoisotopic (exact) mass is 489 g/mol.